The molecular weight excluding hydrogens is 324 g/mol. The number of rotatable bonds is 4. The summed E-state index contributed by atoms with van der Waals surface area (Å²) in [6.07, 6.45) is 3.11. The zero-order valence-electron chi connectivity index (χ0n) is 11.9. The highest BCUT2D eigenvalue weighted by atomic mass is 35.5. The molecule has 0 radical (unpaired) electrons. The van der Waals surface area contributed by atoms with Gasteiger partial charge in [-0.3, -0.25) is 4.98 Å². The zero-order valence-corrected chi connectivity index (χ0v) is 13.5. The van der Waals surface area contributed by atoms with Crippen molar-refractivity contribution in [3.63, 3.8) is 0 Å². The number of ether oxygens (including phenoxy) is 1. The van der Waals surface area contributed by atoms with Gasteiger partial charge in [-0.1, -0.05) is 17.7 Å². The predicted octanol–water partition coefficient (Wildman–Crippen LogP) is 2.50. The lowest BCUT2D eigenvalue weighted by Gasteiger charge is -2.38. The van der Waals surface area contributed by atoms with Crippen molar-refractivity contribution >= 4 is 21.6 Å². The van der Waals surface area contributed by atoms with E-state index in [9.17, 15) is 8.42 Å². The Kier molecular flexibility index (Phi) is 4.08. The Balaban J connectivity index is 1.70. The van der Waals surface area contributed by atoms with Gasteiger partial charge in [0.05, 0.1) is 24.2 Å². The summed E-state index contributed by atoms with van der Waals surface area (Å²) >= 11 is 5.91. The van der Waals surface area contributed by atoms with Crippen molar-refractivity contribution < 1.29 is 13.2 Å². The van der Waals surface area contributed by atoms with Crippen LogP contribution in [0.5, 0.6) is 5.75 Å². The summed E-state index contributed by atoms with van der Waals surface area (Å²) in [5, 5.41) is 0.410. The molecule has 0 N–H and O–H groups in total. The number of hydrogen-bond acceptors (Lipinski definition) is 4. The Morgan fingerprint density at radius 2 is 2.09 bits per heavy atom. The molecule has 0 spiro atoms. The van der Waals surface area contributed by atoms with Gasteiger partial charge in [0.2, 0.25) is 10.0 Å². The van der Waals surface area contributed by atoms with Crippen molar-refractivity contribution in [2.24, 2.45) is 0 Å². The second-order valence-electron chi connectivity index (χ2n) is 5.16. The third-order valence-corrected chi connectivity index (χ3v) is 5.73. The van der Waals surface area contributed by atoms with E-state index in [-0.39, 0.29) is 11.0 Å². The van der Waals surface area contributed by atoms with Crippen LogP contribution in [-0.2, 0) is 10.0 Å². The predicted molar refractivity (Wildman–Crippen MR) is 83.6 cm³/mol. The molecule has 7 heteroatoms. The molecule has 2 heterocycles. The SMILES string of the molecule is Cc1ccc(Cl)cc1S(=O)(=O)N1CC(Oc2cccnc2)C1. The number of pyridine rings is 1. The number of hydrogen-bond donors (Lipinski definition) is 0. The van der Waals surface area contributed by atoms with Crippen LogP contribution in [0.25, 0.3) is 0 Å². The molecule has 1 aliphatic heterocycles. The normalized spacial score (nSPS) is 16.3. The average Bonchev–Trinajstić information content (AvgIpc) is 2.45. The summed E-state index contributed by atoms with van der Waals surface area (Å²) < 4.78 is 32.2. The largest absolute Gasteiger partial charge is 0.486 e. The first-order chi connectivity index (χ1) is 10.5. The van der Waals surface area contributed by atoms with Crippen molar-refractivity contribution in [1.82, 2.24) is 9.29 Å². The van der Waals surface area contributed by atoms with E-state index in [1.54, 1.807) is 43.6 Å². The lowest BCUT2D eigenvalue weighted by molar-refractivity contribution is 0.0758. The van der Waals surface area contributed by atoms with E-state index in [0.717, 1.165) is 0 Å². The van der Waals surface area contributed by atoms with Crippen LogP contribution in [0, 0.1) is 6.92 Å². The van der Waals surface area contributed by atoms with Crippen molar-refractivity contribution in [2.45, 2.75) is 17.9 Å². The molecule has 0 bridgehead atoms. The average molecular weight is 339 g/mol. The van der Waals surface area contributed by atoms with E-state index in [1.807, 2.05) is 0 Å². The quantitative estimate of drug-likeness (QED) is 0.859. The molecule has 0 saturated carbocycles. The molecule has 2 aromatic rings. The second-order valence-corrected chi connectivity index (χ2v) is 7.50. The summed E-state index contributed by atoms with van der Waals surface area (Å²) in [7, 11) is -3.53. The maximum Gasteiger partial charge on any atom is 0.243 e. The minimum absolute atomic E-state index is 0.154. The fourth-order valence-corrected chi connectivity index (χ4v) is 4.26. The lowest BCUT2D eigenvalue weighted by atomic mass is 10.2. The first kappa shape index (κ1) is 15.3. The number of halogens is 1. The summed E-state index contributed by atoms with van der Waals surface area (Å²) in [6.45, 7) is 2.40. The fourth-order valence-electron chi connectivity index (χ4n) is 2.27. The van der Waals surface area contributed by atoms with Crippen LogP contribution in [0.1, 0.15) is 5.56 Å². The molecule has 0 atom stereocenters. The van der Waals surface area contributed by atoms with Crippen LogP contribution in [0.3, 0.4) is 0 Å². The number of benzene rings is 1. The van der Waals surface area contributed by atoms with E-state index < -0.39 is 10.0 Å². The summed E-state index contributed by atoms with van der Waals surface area (Å²) in [5.41, 5.74) is 0.682. The van der Waals surface area contributed by atoms with Gasteiger partial charge in [0, 0.05) is 11.2 Å². The minimum Gasteiger partial charge on any atom is -0.486 e. The van der Waals surface area contributed by atoms with Crippen molar-refractivity contribution in [2.75, 3.05) is 13.1 Å². The van der Waals surface area contributed by atoms with Crippen molar-refractivity contribution in [1.29, 1.82) is 0 Å². The van der Waals surface area contributed by atoms with Gasteiger partial charge < -0.3 is 4.74 Å². The van der Waals surface area contributed by atoms with Crippen LogP contribution in [0.2, 0.25) is 5.02 Å². The van der Waals surface area contributed by atoms with Gasteiger partial charge in [-0.25, -0.2) is 8.42 Å². The molecule has 1 aromatic carbocycles. The maximum atomic E-state index is 12.6. The molecule has 1 saturated heterocycles. The molecule has 1 aromatic heterocycles. The highest BCUT2D eigenvalue weighted by molar-refractivity contribution is 7.89. The first-order valence-corrected chi connectivity index (χ1v) is 8.61. The van der Waals surface area contributed by atoms with E-state index in [4.69, 9.17) is 16.3 Å². The molecule has 116 valence electrons. The number of aromatic nitrogens is 1. The fraction of sp³-hybridized carbons (Fsp3) is 0.267. The van der Waals surface area contributed by atoms with E-state index in [1.165, 1.54) is 10.4 Å². The highest BCUT2D eigenvalue weighted by Crippen LogP contribution is 2.28. The standard InChI is InChI=1S/C15H15ClN2O3S/c1-11-4-5-12(16)7-15(11)22(19,20)18-9-14(10-18)21-13-3-2-6-17-8-13/h2-8,14H,9-10H2,1H3. The van der Waals surface area contributed by atoms with Crippen LogP contribution >= 0.6 is 11.6 Å². The van der Waals surface area contributed by atoms with E-state index in [0.29, 0.717) is 29.4 Å². The van der Waals surface area contributed by atoms with Crippen LogP contribution in [0.15, 0.2) is 47.6 Å². The van der Waals surface area contributed by atoms with Crippen LogP contribution in [0.4, 0.5) is 0 Å². The summed E-state index contributed by atoms with van der Waals surface area (Å²) in [5.74, 6) is 0.642. The Bertz CT molecular complexity index is 775. The second kappa shape index (κ2) is 5.87. The third kappa shape index (κ3) is 2.95. The van der Waals surface area contributed by atoms with Gasteiger partial charge >= 0.3 is 0 Å². The summed E-state index contributed by atoms with van der Waals surface area (Å²) in [4.78, 5) is 4.21. The monoisotopic (exact) mass is 338 g/mol. The number of aryl methyl sites for hydroxylation is 1. The molecule has 0 amide bonds. The van der Waals surface area contributed by atoms with Gasteiger partial charge in [-0.15, -0.1) is 0 Å². The zero-order chi connectivity index (χ0) is 15.7. The smallest absolute Gasteiger partial charge is 0.243 e. The minimum atomic E-state index is -3.53. The van der Waals surface area contributed by atoms with Gasteiger partial charge in [0.15, 0.2) is 0 Å². The molecule has 1 aliphatic rings. The van der Waals surface area contributed by atoms with E-state index in [2.05, 4.69) is 4.98 Å². The highest BCUT2D eigenvalue weighted by Gasteiger charge is 2.38. The number of nitrogens with zero attached hydrogens (tertiary/aromatic N) is 2. The Labute approximate surface area is 134 Å². The molecule has 0 unspecified atom stereocenters. The molecular formula is C15H15ClN2O3S. The van der Waals surface area contributed by atoms with Gasteiger partial charge in [0.25, 0.3) is 0 Å². The lowest BCUT2D eigenvalue weighted by Crippen LogP contribution is -2.56. The molecule has 3 rings (SSSR count). The van der Waals surface area contributed by atoms with Crippen LogP contribution < -0.4 is 4.74 Å². The van der Waals surface area contributed by atoms with Crippen molar-refractivity contribution in [3.05, 3.63) is 53.3 Å². The molecule has 22 heavy (non-hydrogen) atoms. The maximum absolute atomic E-state index is 12.6. The molecule has 1 fully saturated rings. The molecule has 5 nitrogen and oxygen atoms in total. The summed E-state index contributed by atoms with van der Waals surface area (Å²) in [6, 6.07) is 8.45. The number of sulfonamides is 1. The Morgan fingerprint density at radius 1 is 1.32 bits per heavy atom. The Morgan fingerprint density at radius 3 is 2.77 bits per heavy atom. The van der Waals surface area contributed by atoms with Gasteiger partial charge in [-0.05, 0) is 36.8 Å². The van der Waals surface area contributed by atoms with Gasteiger partial charge in [-0.2, -0.15) is 4.31 Å². The van der Waals surface area contributed by atoms with Crippen LogP contribution in [-0.4, -0.2) is 36.9 Å². The van der Waals surface area contributed by atoms with Gasteiger partial charge in [0.1, 0.15) is 11.9 Å². The van der Waals surface area contributed by atoms with E-state index >= 15 is 0 Å². The topological polar surface area (TPSA) is 59.5 Å². The Hall–Kier alpha value is -1.63. The van der Waals surface area contributed by atoms with Crippen molar-refractivity contribution in [3.8, 4) is 5.75 Å². The first-order valence-electron chi connectivity index (χ1n) is 6.80. The third-order valence-electron chi connectivity index (χ3n) is 3.52. The molecule has 0 aliphatic carbocycles.